The molecule has 0 N–H and O–H groups in total. The summed E-state index contributed by atoms with van der Waals surface area (Å²) < 4.78 is 1.61. The number of nitrogens with zero attached hydrogens (tertiary/aromatic N) is 3. The topological polar surface area (TPSA) is 37.6 Å². The molecule has 3 heterocycles. The molecule has 1 fully saturated rings. The molecule has 0 aromatic carbocycles. The van der Waals surface area contributed by atoms with Gasteiger partial charge in [-0.1, -0.05) is 13.0 Å². The summed E-state index contributed by atoms with van der Waals surface area (Å²) in [5.41, 5.74) is 1.75. The van der Waals surface area contributed by atoms with E-state index in [4.69, 9.17) is 0 Å². The van der Waals surface area contributed by atoms with Gasteiger partial charge < -0.3 is 4.90 Å². The molecule has 0 saturated carbocycles. The van der Waals surface area contributed by atoms with Gasteiger partial charge in [0.25, 0.3) is 5.56 Å². The van der Waals surface area contributed by atoms with Crippen LogP contribution in [0.3, 0.4) is 0 Å². The molecule has 1 saturated heterocycles. The molecule has 3 rings (SSSR count). The molecule has 2 aromatic heterocycles. The van der Waals surface area contributed by atoms with Gasteiger partial charge in [-0.3, -0.25) is 9.20 Å². The predicted molar refractivity (Wildman–Crippen MR) is 80.2 cm³/mol. The Morgan fingerprint density at radius 2 is 2.10 bits per heavy atom. The van der Waals surface area contributed by atoms with Crippen LogP contribution in [0.5, 0.6) is 0 Å². The third kappa shape index (κ3) is 2.61. The first-order valence-corrected chi connectivity index (χ1v) is 7.48. The quantitative estimate of drug-likeness (QED) is 0.859. The van der Waals surface area contributed by atoms with Crippen molar-refractivity contribution in [2.24, 2.45) is 0 Å². The average Bonchev–Trinajstić information content (AvgIpc) is 2.48. The molecule has 4 nitrogen and oxygen atoms in total. The van der Waals surface area contributed by atoms with Crippen LogP contribution in [0.15, 0.2) is 35.3 Å². The lowest BCUT2D eigenvalue weighted by molar-refractivity contribution is 0.211. The summed E-state index contributed by atoms with van der Waals surface area (Å²) in [5.74, 6) is 0.431. The minimum Gasteiger partial charge on any atom is -0.303 e. The SMILES string of the molecule is CCCN1CCC(c2cc(=O)n3ccccc3n2)CC1. The van der Waals surface area contributed by atoms with Gasteiger partial charge in [0, 0.05) is 18.2 Å². The first-order valence-electron chi connectivity index (χ1n) is 7.48. The molecule has 0 bridgehead atoms. The highest BCUT2D eigenvalue weighted by Crippen LogP contribution is 2.26. The molecule has 20 heavy (non-hydrogen) atoms. The van der Waals surface area contributed by atoms with Crippen molar-refractivity contribution >= 4 is 5.65 Å². The fourth-order valence-electron chi connectivity index (χ4n) is 3.05. The third-order valence-electron chi connectivity index (χ3n) is 4.14. The zero-order valence-corrected chi connectivity index (χ0v) is 12.0. The second-order valence-corrected chi connectivity index (χ2v) is 5.56. The maximum Gasteiger partial charge on any atom is 0.258 e. The Morgan fingerprint density at radius 3 is 2.85 bits per heavy atom. The van der Waals surface area contributed by atoms with Crippen LogP contribution in [0.25, 0.3) is 5.65 Å². The molecule has 0 unspecified atom stereocenters. The Hall–Kier alpha value is -1.68. The van der Waals surface area contributed by atoms with Crippen LogP contribution in [0, 0.1) is 0 Å². The number of hydrogen-bond donors (Lipinski definition) is 0. The van der Waals surface area contributed by atoms with E-state index in [1.54, 1.807) is 16.7 Å². The monoisotopic (exact) mass is 271 g/mol. The molecule has 1 aliphatic rings. The van der Waals surface area contributed by atoms with Crippen LogP contribution in [0.2, 0.25) is 0 Å². The van der Waals surface area contributed by atoms with Crippen LogP contribution >= 0.6 is 0 Å². The predicted octanol–water partition coefficient (Wildman–Crippen LogP) is 2.28. The molecule has 2 aromatic rings. The highest BCUT2D eigenvalue weighted by molar-refractivity contribution is 5.38. The van der Waals surface area contributed by atoms with Gasteiger partial charge in [-0.25, -0.2) is 4.98 Å². The molecule has 1 aliphatic heterocycles. The van der Waals surface area contributed by atoms with Crippen molar-refractivity contribution in [3.05, 3.63) is 46.5 Å². The van der Waals surface area contributed by atoms with Gasteiger partial charge in [0.05, 0.1) is 5.69 Å². The lowest BCUT2D eigenvalue weighted by Gasteiger charge is -2.31. The van der Waals surface area contributed by atoms with Gasteiger partial charge in [-0.05, 0) is 51.0 Å². The summed E-state index contributed by atoms with van der Waals surface area (Å²) >= 11 is 0. The van der Waals surface area contributed by atoms with E-state index in [2.05, 4.69) is 16.8 Å². The van der Waals surface area contributed by atoms with E-state index in [9.17, 15) is 4.79 Å². The summed E-state index contributed by atoms with van der Waals surface area (Å²) in [6.07, 6.45) is 5.20. The van der Waals surface area contributed by atoms with Crippen molar-refractivity contribution in [1.29, 1.82) is 0 Å². The Bertz CT molecular complexity index is 641. The van der Waals surface area contributed by atoms with Gasteiger partial charge in [0.15, 0.2) is 0 Å². The zero-order chi connectivity index (χ0) is 13.9. The molecule has 0 amide bonds. The standard InChI is InChI=1S/C16H21N3O/c1-2-8-18-10-6-13(7-11-18)14-12-16(20)19-9-4-3-5-15(19)17-14/h3-5,9,12-13H,2,6-8,10-11H2,1H3. The first-order chi connectivity index (χ1) is 9.78. The maximum atomic E-state index is 12.1. The van der Waals surface area contributed by atoms with Crippen LogP contribution in [-0.2, 0) is 0 Å². The van der Waals surface area contributed by atoms with E-state index < -0.39 is 0 Å². The first kappa shape index (κ1) is 13.3. The van der Waals surface area contributed by atoms with Crippen molar-refractivity contribution in [2.75, 3.05) is 19.6 Å². The summed E-state index contributed by atoms with van der Waals surface area (Å²) in [6.45, 7) is 5.64. The van der Waals surface area contributed by atoms with Crippen LogP contribution in [0.1, 0.15) is 37.8 Å². The second-order valence-electron chi connectivity index (χ2n) is 5.56. The van der Waals surface area contributed by atoms with Gasteiger partial charge >= 0.3 is 0 Å². The molecule has 0 atom stereocenters. The van der Waals surface area contributed by atoms with E-state index in [1.807, 2.05) is 18.2 Å². The summed E-state index contributed by atoms with van der Waals surface area (Å²) in [6, 6.07) is 7.40. The Balaban J connectivity index is 1.83. The molecule has 0 radical (unpaired) electrons. The molecular formula is C16H21N3O. The van der Waals surface area contributed by atoms with E-state index in [0.717, 1.165) is 37.3 Å². The summed E-state index contributed by atoms with van der Waals surface area (Å²) in [5, 5.41) is 0. The number of aromatic nitrogens is 2. The van der Waals surface area contributed by atoms with Gasteiger partial charge in [-0.15, -0.1) is 0 Å². The molecule has 0 aliphatic carbocycles. The molecular weight excluding hydrogens is 250 g/mol. The molecule has 0 spiro atoms. The van der Waals surface area contributed by atoms with Crippen molar-refractivity contribution in [2.45, 2.75) is 32.1 Å². The van der Waals surface area contributed by atoms with E-state index in [1.165, 1.54) is 13.0 Å². The van der Waals surface area contributed by atoms with Gasteiger partial charge in [0.1, 0.15) is 5.65 Å². The highest BCUT2D eigenvalue weighted by Gasteiger charge is 2.21. The fourth-order valence-corrected chi connectivity index (χ4v) is 3.05. The number of pyridine rings is 1. The van der Waals surface area contributed by atoms with Crippen molar-refractivity contribution < 1.29 is 0 Å². The van der Waals surface area contributed by atoms with Crippen LogP contribution in [-0.4, -0.2) is 33.9 Å². The minimum absolute atomic E-state index is 0.0292. The van der Waals surface area contributed by atoms with Crippen LogP contribution in [0.4, 0.5) is 0 Å². The zero-order valence-electron chi connectivity index (χ0n) is 12.0. The van der Waals surface area contributed by atoms with E-state index >= 15 is 0 Å². The number of rotatable bonds is 3. The summed E-state index contributed by atoms with van der Waals surface area (Å²) in [4.78, 5) is 19.3. The molecule has 106 valence electrons. The Labute approximate surface area is 119 Å². The smallest absolute Gasteiger partial charge is 0.258 e. The highest BCUT2D eigenvalue weighted by atomic mass is 16.1. The van der Waals surface area contributed by atoms with Gasteiger partial charge in [0.2, 0.25) is 0 Å². The Kier molecular flexibility index (Phi) is 3.83. The maximum absolute atomic E-state index is 12.1. The lowest BCUT2D eigenvalue weighted by atomic mass is 9.93. The van der Waals surface area contributed by atoms with Crippen molar-refractivity contribution in [3.63, 3.8) is 0 Å². The normalized spacial score (nSPS) is 17.6. The van der Waals surface area contributed by atoms with Gasteiger partial charge in [-0.2, -0.15) is 0 Å². The van der Waals surface area contributed by atoms with Crippen molar-refractivity contribution in [3.8, 4) is 0 Å². The summed E-state index contributed by atoms with van der Waals surface area (Å²) in [7, 11) is 0. The van der Waals surface area contributed by atoms with Crippen LogP contribution < -0.4 is 5.56 Å². The third-order valence-corrected chi connectivity index (χ3v) is 4.14. The Morgan fingerprint density at radius 1 is 1.30 bits per heavy atom. The minimum atomic E-state index is 0.0292. The number of likely N-dealkylation sites (tertiary alicyclic amines) is 1. The average molecular weight is 271 g/mol. The lowest BCUT2D eigenvalue weighted by Crippen LogP contribution is -2.34. The largest absolute Gasteiger partial charge is 0.303 e. The fraction of sp³-hybridized carbons (Fsp3) is 0.500. The second kappa shape index (κ2) is 5.75. The molecule has 4 heteroatoms. The van der Waals surface area contributed by atoms with E-state index in [0.29, 0.717) is 5.92 Å². The van der Waals surface area contributed by atoms with Crippen molar-refractivity contribution in [1.82, 2.24) is 14.3 Å². The number of piperidine rings is 1. The van der Waals surface area contributed by atoms with E-state index in [-0.39, 0.29) is 5.56 Å². The number of hydrogen-bond acceptors (Lipinski definition) is 3. The number of fused-ring (bicyclic) bond motifs is 1.